The van der Waals surface area contributed by atoms with Crippen molar-refractivity contribution in [2.45, 2.75) is 6.10 Å². The van der Waals surface area contributed by atoms with Gasteiger partial charge in [-0.3, -0.25) is 0 Å². The van der Waals surface area contributed by atoms with Gasteiger partial charge in [0.1, 0.15) is 17.4 Å². The van der Waals surface area contributed by atoms with E-state index < -0.39 is 6.10 Å². The fraction of sp³-hybridized carbons (Fsp3) is 0.0769. The Hall–Kier alpha value is -0.620. The van der Waals surface area contributed by atoms with Crippen LogP contribution in [-0.2, 0) is 0 Å². The largest absolute Gasteiger partial charge is 0.457 e. The molecule has 2 nitrogen and oxygen atoms in total. The summed E-state index contributed by atoms with van der Waals surface area (Å²) in [5, 5.41) is 13.2. The fourth-order valence-corrected chi connectivity index (χ4v) is 3.86. The topological polar surface area (TPSA) is 33.4 Å². The highest BCUT2D eigenvalue weighted by molar-refractivity contribution is 9.11. The van der Waals surface area contributed by atoms with Gasteiger partial charge in [0.05, 0.1) is 9.35 Å². The van der Waals surface area contributed by atoms with Crippen LogP contribution in [0.3, 0.4) is 0 Å². The number of para-hydroxylation sites is 1. The number of rotatable bonds is 2. The lowest BCUT2D eigenvalue weighted by molar-refractivity contribution is 0.195. The molecule has 0 saturated heterocycles. The summed E-state index contributed by atoms with van der Waals surface area (Å²) in [4.78, 5) is 0.852. The molecule has 1 atom stereocenters. The first-order valence-corrected chi connectivity index (χ1v) is 7.72. The van der Waals surface area contributed by atoms with Gasteiger partial charge in [-0.05, 0) is 55.4 Å². The molecule has 92 valence electrons. The molecule has 2 heterocycles. The van der Waals surface area contributed by atoms with Gasteiger partial charge >= 0.3 is 0 Å². The molecule has 0 bridgehead atoms. The number of aliphatic hydroxyl groups is 1. The zero-order valence-electron chi connectivity index (χ0n) is 9.06. The van der Waals surface area contributed by atoms with Crippen LogP contribution in [0.15, 0.2) is 49.1 Å². The number of hydrogen-bond donors (Lipinski definition) is 1. The molecule has 0 aliphatic carbocycles. The van der Waals surface area contributed by atoms with E-state index in [-0.39, 0.29) is 0 Å². The van der Waals surface area contributed by atoms with Gasteiger partial charge in [-0.1, -0.05) is 12.1 Å². The average molecular weight is 388 g/mol. The molecular formula is C13H8Br2O2S. The van der Waals surface area contributed by atoms with Gasteiger partial charge < -0.3 is 9.52 Å². The molecule has 3 rings (SSSR count). The van der Waals surface area contributed by atoms with Gasteiger partial charge in [0.25, 0.3) is 0 Å². The summed E-state index contributed by atoms with van der Waals surface area (Å²) >= 11 is 8.36. The van der Waals surface area contributed by atoms with Crippen molar-refractivity contribution in [2.75, 3.05) is 0 Å². The Morgan fingerprint density at radius 1 is 1.17 bits per heavy atom. The number of benzene rings is 1. The Bertz CT molecular complexity index is 702. The van der Waals surface area contributed by atoms with Gasteiger partial charge in [-0.15, -0.1) is 11.3 Å². The SMILES string of the molecule is OC(c1cc2cccc(Br)c2o1)c1sccc1Br. The average Bonchev–Trinajstić information content (AvgIpc) is 2.95. The number of furan rings is 1. The third kappa shape index (κ3) is 2.05. The lowest BCUT2D eigenvalue weighted by atomic mass is 10.2. The van der Waals surface area contributed by atoms with E-state index in [9.17, 15) is 5.11 Å². The predicted octanol–water partition coefficient (Wildman–Crippen LogP) is 5.10. The summed E-state index contributed by atoms with van der Waals surface area (Å²) in [7, 11) is 0. The zero-order valence-corrected chi connectivity index (χ0v) is 13.0. The van der Waals surface area contributed by atoms with Gasteiger partial charge in [0, 0.05) is 9.86 Å². The van der Waals surface area contributed by atoms with Crippen LogP contribution in [0.2, 0.25) is 0 Å². The molecule has 0 amide bonds. The van der Waals surface area contributed by atoms with Gasteiger partial charge in [-0.2, -0.15) is 0 Å². The molecule has 1 unspecified atom stereocenters. The van der Waals surface area contributed by atoms with Crippen LogP contribution in [0.1, 0.15) is 16.7 Å². The Morgan fingerprint density at radius 3 is 2.67 bits per heavy atom. The van der Waals surface area contributed by atoms with E-state index in [2.05, 4.69) is 31.9 Å². The molecule has 5 heteroatoms. The highest BCUT2D eigenvalue weighted by atomic mass is 79.9. The third-order valence-corrected chi connectivity index (χ3v) is 5.23. The molecule has 1 aromatic carbocycles. The number of thiophene rings is 1. The predicted molar refractivity (Wildman–Crippen MR) is 80.0 cm³/mol. The maximum atomic E-state index is 10.3. The first-order chi connectivity index (χ1) is 8.66. The first-order valence-electron chi connectivity index (χ1n) is 5.25. The first kappa shape index (κ1) is 12.4. The third-order valence-electron chi connectivity index (χ3n) is 2.68. The lowest BCUT2D eigenvalue weighted by Gasteiger charge is -2.05. The summed E-state index contributed by atoms with van der Waals surface area (Å²) in [6, 6.07) is 9.62. The zero-order chi connectivity index (χ0) is 12.7. The lowest BCUT2D eigenvalue weighted by Crippen LogP contribution is -1.95. The molecule has 0 spiro atoms. The minimum atomic E-state index is -0.737. The summed E-state index contributed by atoms with van der Waals surface area (Å²) in [6.45, 7) is 0. The van der Waals surface area contributed by atoms with Crippen LogP contribution >= 0.6 is 43.2 Å². The van der Waals surface area contributed by atoms with Gasteiger partial charge in [0.2, 0.25) is 0 Å². The van der Waals surface area contributed by atoms with E-state index in [4.69, 9.17) is 4.42 Å². The molecule has 1 N–H and O–H groups in total. The highest BCUT2D eigenvalue weighted by Gasteiger charge is 2.19. The molecule has 3 aromatic rings. The van der Waals surface area contributed by atoms with Crippen LogP contribution < -0.4 is 0 Å². The monoisotopic (exact) mass is 386 g/mol. The van der Waals surface area contributed by atoms with E-state index in [1.807, 2.05) is 35.7 Å². The maximum Gasteiger partial charge on any atom is 0.148 e. The Labute approximate surface area is 124 Å². The molecule has 2 aromatic heterocycles. The Kier molecular flexibility index (Phi) is 3.32. The summed E-state index contributed by atoms with van der Waals surface area (Å²) in [6.07, 6.45) is -0.737. The van der Waals surface area contributed by atoms with Crippen molar-refractivity contribution in [3.05, 3.63) is 55.3 Å². The van der Waals surface area contributed by atoms with Gasteiger partial charge in [-0.25, -0.2) is 0 Å². The van der Waals surface area contributed by atoms with E-state index in [1.54, 1.807) is 0 Å². The van der Waals surface area contributed by atoms with Gasteiger partial charge in [0.15, 0.2) is 0 Å². The Balaban J connectivity index is 2.10. The van der Waals surface area contributed by atoms with Crippen LogP contribution in [0, 0.1) is 0 Å². The molecule has 0 aliphatic heterocycles. The molecular weight excluding hydrogens is 380 g/mol. The second-order valence-electron chi connectivity index (χ2n) is 3.84. The maximum absolute atomic E-state index is 10.3. The second kappa shape index (κ2) is 4.81. The molecule has 0 saturated carbocycles. The van der Waals surface area contributed by atoms with Crippen molar-refractivity contribution in [3.8, 4) is 0 Å². The number of halogens is 2. The molecule has 0 fully saturated rings. The molecule has 18 heavy (non-hydrogen) atoms. The van der Waals surface area contributed by atoms with Crippen molar-refractivity contribution in [1.29, 1.82) is 0 Å². The van der Waals surface area contributed by atoms with Crippen molar-refractivity contribution >= 4 is 54.2 Å². The number of aliphatic hydroxyl groups excluding tert-OH is 1. The van der Waals surface area contributed by atoms with Crippen molar-refractivity contribution in [2.24, 2.45) is 0 Å². The van der Waals surface area contributed by atoms with Crippen LogP contribution in [0.4, 0.5) is 0 Å². The smallest absolute Gasteiger partial charge is 0.148 e. The second-order valence-corrected chi connectivity index (χ2v) is 6.50. The van der Waals surface area contributed by atoms with E-state index in [1.165, 1.54) is 11.3 Å². The standard InChI is InChI=1S/C13H8Br2O2S/c14-8-3-1-2-7-6-10(17-12(7)8)11(16)13-9(15)4-5-18-13/h1-6,11,16H. The van der Waals surface area contributed by atoms with Crippen molar-refractivity contribution in [3.63, 3.8) is 0 Å². The normalized spacial score (nSPS) is 13.1. The number of hydrogen-bond acceptors (Lipinski definition) is 3. The molecule has 0 radical (unpaired) electrons. The van der Waals surface area contributed by atoms with E-state index in [0.29, 0.717) is 5.76 Å². The quantitative estimate of drug-likeness (QED) is 0.663. The highest BCUT2D eigenvalue weighted by Crippen LogP contribution is 2.36. The minimum absolute atomic E-state index is 0.556. The van der Waals surface area contributed by atoms with E-state index >= 15 is 0 Å². The van der Waals surface area contributed by atoms with Crippen molar-refractivity contribution < 1.29 is 9.52 Å². The van der Waals surface area contributed by atoms with Crippen LogP contribution in [0.5, 0.6) is 0 Å². The van der Waals surface area contributed by atoms with Crippen LogP contribution in [0.25, 0.3) is 11.0 Å². The number of fused-ring (bicyclic) bond motifs is 1. The van der Waals surface area contributed by atoms with E-state index in [0.717, 1.165) is 24.8 Å². The fourth-order valence-electron chi connectivity index (χ4n) is 1.81. The summed E-state index contributed by atoms with van der Waals surface area (Å²) in [5.74, 6) is 0.556. The Morgan fingerprint density at radius 2 is 2.00 bits per heavy atom. The summed E-state index contributed by atoms with van der Waals surface area (Å²) in [5.41, 5.74) is 0.763. The minimum Gasteiger partial charge on any atom is -0.457 e. The molecule has 0 aliphatic rings. The summed E-state index contributed by atoms with van der Waals surface area (Å²) < 4.78 is 7.52. The van der Waals surface area contributed by atoms with Crippen LogP contribution in [-0.4, -0.2) is 5.11 Å². The van der Waals surface area contributed by atoms with Crippen molar-refractivity contribution in [1.82, 2.24) is 0 Å².